The SMILES string of the molecule is CC(C)(N)CCC1CC2CCC1O2. The lowest BCUT2D eigenvalue weighted by atomic mass is 9.83. The number of hydrogen-bond donors (Lipinski definition) is 1. The van der Waals surface area contributed by atoms with Gasteiger partial charge in [0.1, 0.15) is 0 Å². The normalized spacial score (nSPS) is 38.5. The summed E-state index contributed by atoms with van der Waals surface area (Å²) in [6, 6.07) is 0. The molecule has 2 saturated heterocycles. The van der Waals surface area contributed by atoms with Crippen LogP contribution in [0.3, 0.4) is 0 Å². The van der Waals surface area contributed by atoms with Gasteiger partial charge in [-0.2, -0.15) is 0 Å². The lowest BCUT2D eigenvalue weighted by Gasteiger charge is -2.24. The Morgan fingerprint density at radius 1 is 1.38 bits per heavy atom. The van der Waals surface area contributed by atoms with E-state index in [-0.39, 0.29) is 5.54 Å². The van der Waals surface area contributed by atoms with Crippen LogP contribution >= 0.6 is 0 Å². The molecule has 0 spiro atoms. The van der Waals surface area contributed by atoms with Gasteiger partial charge in [-0.1, -0.05) is 0 Å². The molecule has 2 heterocycles. The van der Waals surface area contributed by atoms with Crippen LogP contribution in [-0.4, -0.2) is 17.7 Å². The first-order valence-electron chi connectivity index (χ1n) is 5.49. The van der Waals surface area contributed by atoms with Crippen LogP contribution in [-0.2, 0) is 4.74 Å². The van der Waals surface area contributed by atoms with Crippen molar-refractivity contribution in [2.45, 2.75) is 63.7 Å². The van der Waals surface area contributed by atoms with Gasteiger partial charge in [0.05, 0.1) is 12.2 Å². The molecule has 13 heavy (non-hydrogen) atoms. The fraction of sp³-hybridized carbons (Fsp3) is 1.00. The Morgan fingerprint density at radius 2 is 2.15 bits per heavy atom. The summed E-state index contributed by atoms with van der Waals surface area (Å²) in [4.78, 5) is 0. The van der Waals surface area contributed by atoms with E-state index in [0.29, 0.717) is 12.2 Å². The third-order valence-corrected chi connectivity index (χ3v) is 3.39. The van der Waals surface area contributed by atoms with Gasteiger partial charge in [-0.15, -0.1) is 0 Å². The van der Waals surface area contributed by atoms with Crippen LogP contribution in [0.25, 0.3) is 0 Å². The second-order valence-electron chi connectivity index (χ2n) is 5.40. The van der Waals surface area contributed by atoms with Crippen molar-refractivity contribution < 1.29 is 4.74 Å². The first kappa shape index (κ1) is 9.47. The molecular weight excluding hydrogens is 162 g/mol. The lowest BCUT2D eigenvalue weighted by molar-refractivity contribution is 0.0901. The molecule has 0 aromatic carbocycles. The zero-order valence-corrected chi connectivity index (χ0v) is 8.75. The largest absolute Gasteiger partial charge is 0.375 e. The number of ether oxygens (including phenoxy) is 1. The van der Waals surface area contributed by atoms with Crippen LogP contribution in [0, 0.1) is 5.92 Å². The Labute approximate surface area is 80.8 Å². The molecule has 2 rings (SSSR count). The van der Waals surface area contributed by atoms with Crippen LogP contribution < -0.4 is 5.73 Å². The van der Waals surface area contributed by atoms with Crippen molar-refractivity contribution in [3.8, 4) is 0 Å². The predicted molar refractivity (Wildman–Crippen MR) is 53.5 cm³/mol. The van der Waals surface area contributed by atoms with E-state index in [1.165, 1.54) is 25.7 Å². The van der Waals surface area contributed by atoms with E-state index in [2.05, 4.69) is 13.8 Å². The molecule has 0 aliphatic carbocycles. The van der Waals surface area contributed by atoms with Crippen molar-refractivity contribution in [1.82, 2.24) is 0 Å². The van der Waals surface area contributed by atoms with Crippen LogP contribution in [0.15, 0.2) is 0 Å². The molecule has 0 saturated carbocycles. The molecule has 2 heteroatoms. The average Bonchev–Trinajstić information content (AvgIpc) is 2.58. The van der Waals surface area contributed by atoms with E-state index in [4.69, 9.17) is 10.5 Å². The third-order valence-electron chi connectivity index (χ3n) is 3.39. The third kappa shape index (κ3) is 2.23. The summed E-state index contributed by atoms with van der Waals surface area (Å²) >= 11 is 0. The topological polar surface area (TPSA) is 35.2 Å². The van der Waals surface area contributed by atoms with E-state index in [1.54, 1.807) is 0 Å². The highest BCUT2D eigenvalue weighted by Crippen LogP contribution is 2.41. The van der Waals surface area contributed by atoms with Gasteiger partial charge in [-0.25, -0.2) is 0 Å². The minimum absolute atomic E-state index is 0.00182. The zero-order chi connectivity index (χ0) is 9.47. The summed E-state index contributed by atoms with van der Waals surface area (Å²) in [7, 11) is 0. The Bertz CT molecular complexity index is 185. The van der Waals surface area contributed by atoms with Crippen LogP contribution in [0.5, 0.6) is 0 Å². The summed E-state index contributed by atoms with van der Waals surface area (Å²) in [5.41, 5.74) is 5.97. The molecule has 0 radical (unpaired) electrons. The van der Waals surface area contributed by atoms with Crippen molar-refractivity contribution in [3.05, 3.63) is 0 Å². The minimum Gasteiger partial charge on any atom is -0.375 e. The smallest absolute Gasteiger partial charge is 0.0609 e. The van der Waals surface area contributed by atoms with Crippen molar-refractivity contribution in [2.75, 3.05) is 0 Å². The molecule has 0 aromatic heterocycles. The molecule has 2 nitrogen and oxygen atoms in total. The van der Waals surface area contributed by atoms with Gasteiger partial charge < -0.3 is 10.5 Å². The summed E-state index contributed by atoms with van der Waals surface area (Å²) in [5.74, 6) is 0.807. The van der Waals surface area contributed by atoms with Gasteiger partial charge in [0.2, 0.25) is 0 Å². The summed E-state index contributed by atoms with van der Waals surface area (Å²) in [5, 5.41) is 0. The highest BCUT2D eigenvalue weighted by Gasteiger charge is 2.40. The molecule has 2 fully saturated rings. The number of nitrogens with two attached hydrogens (primary N) is 1. The van der Waals surface area contributed by atoms with Crippen molar-refractivity contribution in [3.63, 3.8) is 0 Å². The molecule has 2 bridgehead atoms. The maximum absolute atomic E-state index is 5.97. The molecule has 2 N–H and O–H groups in total. The molecule has 3 unspecified atom stereocenters. The molecule has 76 valence electrons. The van der Waals surface area contributed by atoms with Gasteiger partial charge >= 0.3 is 0 Å². The van der Waals surface area contributed by atoms with Gasteiger partial charge in [0, 0.05) is 5.54 Å². The fourth-order valence-corrected chi connectivity index (χ4v) is 2.60. The monoisotopic (exact) mass is 183 g/mol. The zero-order valence-electron chi connectivity index (χ0n) is 8.75. The van der Waals surface area contributed by atoms with E-state index >= 15 is 0 Å². The van der Waals surface area contributed by atoms with Gasteiger partial charge in [0.25, 0.3) is 0 Å². The van der Waals surface area contributed by atoms with Crippen molar-refractivity contribution in [1.29, 1.82) is 0 Å². The maximum Gasteiger partial charge on any atom is 0.0609 e. The number of hydrogen-bond acceptors (Lipinski definition) is 2. The van der Waals surface area contributed by atoms with E-state index in [9.17, 15) is 0 Å². The predicted octanol–water partition coefficient (Wildman–Crippen LogP) is 2.07. The van der Waals surface area contributed by atoms with E-state index < -0.39 is 0 Å². The highest BCUT2D eigenvalue weighted by molar-refractivity contribution is 4.90. The summed E-state index contributed by atoms with van der Waals surface area (Å²) in [6.07, 6.45) is 7.44. The number of rotatable bonds is 3. The minimum atomic E-state index is 0.00182. The van der Waals surface area contributed by atoms with Crippen molar-refractivity contribution in [2.24, 2.45) is 11.7 Å². The highest BCUT2D eigenvalue weighted by atomic mass is 16.5. The average molecular weight is 183 g/mol. The Hall–Kier alpha value is -0.0800. The van der Waals surface area contributed by atoms with E-state index in [0.717, 1.165) is 12.3 Å². The summed E-state index contributed by atoms with van der Waals surface area (Å²) < 4.78 is 5.81. The maximum atomic E-state index is 5.97. The summed E-state index contributed by atoms with van der Waals surface area (Å²) in [6.45, 7) is 4.22. The second-order valence-corrected chi connectivity index (χ2v) is 5.40. The first-order valence-corrected chi connectivity index (χ1v) is 5.49. The molecule has 2 aliphatic heterocycles. The first-order chi connectivity index (χ1) is 6.04. The standard InChI is InChI=1S/C11H21NO/c1-11(2,12)6-5-8-7-9-3-4-10(8)13-9/h8-10H,3-7,12H2,1-2H3. The Balaban J connectivity index is 1.78. The fourth-order valence-electron chi connectivity index (χ4n) is 2.60. The van der Waals surface area contributed by atoms with E-state index in [1.807, 2.05) is 0 Å². The molecular formula is C11H21NO. The van der Waals surface area contributed by atoms with Crippen molar-refractivity contribution >= 4 is 0 Å². The Kier molecular flexibility index (Phi) is 2.37. The molecule has 3 atom stereocenters. The van der Waals surface area contributed by atoms with Crippen LogP contribution in [0.1, 0.15) is 46.0 Å². The van der Waals surface area contributed by atoms with Crippen LogP contribution in [0.4, 0.5) is 0 Å². The van der Waals surface area contributed by atoms with Crippen LogP contribution in [0.2, 0.25) is 0 Å². The second kappa shape index (κ2) is 3.25. The van der Waals surface area contributed by atoms with Gasteiger partial charge in [-0.3, -0.25) is 0 Å². The molecule has 0 amide bonds. The Morgan fingerprint density at radius 3 is 2.62 bits per heavy atom. The van der Waals surface area contributed by atoms with Gasteiger partial charge in [0.15, 0.2) is 0 Å². The lowest BCUT2D eigenvalue weighted by Crippen LogP contribution is -2.33. The number of fused-ring (bicyclic) bond motifs is 2. The molecule has 0 aromatic rings. The van der Waals surface area contributed by atoms with Gasteiger partial charge in [-0.05, 0) is 51.9 Å². The quantitative estimate of drug-likeness (QED) is 0.727. The molecule has 2 aliphatic rings.